The number of hydrogen-bond acceptors (Lipinski definition) is 3. The zero-order valence-electron chi connectivity index (χ0n) is 11.6. The van der Waals surface area contributed by atoms with E-state index < -0.39 is 6.04 Å². The minimum atomic E-state index is -0.500. The number of halogens is 2. The van der Waals surface area contributed by atoms with E-state index in [1.54, 1.807) is 12.1 Å². The molecule has 1 aromatic rings. The zero-order valence-corrected chi connectivity index (χ0v) is 13.1. The van der Waals surface area contributed by atoms with Gasteiger partial charge >= 0.3 is 0 Å². The molecule has 0 aliphatic carbocycles. The van der Waals surface area contributed by atoms with Gasteiger partial charge in [0.15, 0.2) is 12.4 Å². The Morgan fingerprint density at radius 3 is 2.40 bits per heavy atom. The van der Waals surface area contributed by atoms with Crippen LogP contribution in [0.5, 0.6) is 5.75 Å². The summed E-state index contributed by atoms with van der Waals surface area (Å²) >= 11 is 11.6. The summed E-state index contributed by atoms with van der Waals surface area (Å²) in [5.74, 6) is 0.0350. The minimum Gasteiger partial charge on any atom is -0.484 e. The summed E-state index contributed by atoms with van der Waals surface area (Å²) in [5, 5.41) is 3.41. The topological polar surface area (TPSA) is 55.4 Å². The SMILES string of the molecule is CC(=O)C(NC(=O)COc1ccc(Cl)c(Cl)c1)C(C)C. The molecule has 0 aliphatic rings. The molecule has 20 heavy (non-hydrogen) atoms. The summed E-state index contributed by atoms with van der Waals surface area (Å²) in [6.45, 7) is 5.00. The van der Waals surface area contributed by atoms with Gasteiger partial charge in [-0.3, -0.25) is 9.59 Å². The largest absolute Gasteiger partial charge is 0.484 e. The van der Waals surface area contributed by atoms with Crippen LogP contribution >= 0.6 is 23.2 Å². The van der Waals surface area contributed by atoms with Crippen molar-refractivity contribution in [2.75, 3.05) is 6.61 Å². The van der Waals surface area contributed by atoms with Crippen molar-refractivity contribution in [1.82, 2.24) is 5.32 Å². The lowest BCUT2D eigenvalue weighted by Gasteiger charge is -2.19. The number of nitrogens with one attached hydrogen (secondary N) is 1. The number of hydrogen-bond donors (Lipinski definition) is 1. The van der Waals surface area contributed by atoms with Gasteiger partial charge in [-0.15, -0.1) is 0 Å². The summed E-state index contributed by atoms with van der Waals surface area (Å²) in [6.07, 6.45) is 0. The van der Waals surface area contributed by atoms with Crippen LogP contribution in [-0.2, 0) is 9.59 Å². The first-order chi connectivity index (χ1) is 9.31. The van der Waals surface area contributed by atoms with Crippen molar-refractivity contribution in [3.8, 4) is 5.75 Å². The average molecular weight is 318 g/mol. The van der Waals surface area contributed by atoms with Gasteiger partial charge in [0.05, 0.1) is 16.1 Å². The number of ether oxygens (including phenoxy) is 1. The molecule has 1 amide bonds. The fourth-order valence-corrected chi connectivity index (χ4v) is 1.96. The third-order valence-electron chi connectivity index (χ3n) is 2.68. The van der Waals surface area contributed by atoms with E-state index in [1.807, 2.05) is 13.8 Å². The lowest BCUT2D eigenvalue weighted by molar-refractivity contribution is -0.129. The van der Waals surface area contributed by atoms with Gasteiger partial charge in [-0.2, -0.15) is 0 Å². The molecular weight excluding hydrogens is 301 g/mol. The normalized spacial score (nSPS) is 12.1. The second kappa shape index (κ2) is 7.50. The lowest BCUT2D eigenvalue weighted by Crippen LogP contribution is -2.45. The third kappa shape index (κ3) is 5.02. The molecule has 0 fully saturated rings. The van der Waals surface area contributed by atoms with Crippen LogP contribution in [0.1, 0.15) is 20.8 Å². The Balaban J connectivity index is 2.54. The van der Waals surface area contributed by atoms with Crippen LogP contribution in [0.15, 0.2) is 18.2 Å². The molecule has 4 nitrogen and oxygen atoms in total. The van der Waals surface area contributed by atoms with Gasteiger partial charge in [0.2, 0.25) is 0 Å². The van der Waals surface area contributed by atoms with Crippen molar-refractivity contribution in [3.63, 3.8) is 0 Å². The lowest BCUT2D eigenvalue weighted by atomic mass is 10.0. The molecule has 0 radical (unpaired) electrons. The number of rotatable bonds is 6. The molecule has 1 aromatic carbocycles. The number of amides is 1. The molecular formula is C14H17Cl2NO3. The fraction of sp³-hybridized carbons (Fsp3) is 0.429. The minimum absolute atomic E-state index is 0.0291. The third-order valence-corrected chi connectivity index (χ3v) is 3.42. The maximum atomic E-state index is 11.7. The van der Waals surface area contributed by atoms with Crippen molar-refractivity contribution in [3.05, 3.63) is 28.2 Å². The first kappa shape index (κ1) is 16.8. The number of carbonyl (C=O) groups excluding carboxylic acids is 2. The van der Waals surface area contributed by atoms with E-state index in [9.17, 15) is 9.59 Å². The Bertz CT molecular complexity index is 503. The van der Waals surface area contributed by atoms with Crippen LogP contribution in [-0.4, -0.2) is 24.3 Å². The molecule has 0 heterocycles. The van der Waals surface area contributed by atoms with Gasteiger partial charge < -0.3 is 10.1 Å². The molecule has 0 bridgehead atoms. The van der Waals surface area contributed by atoms with Gasteiger partial charge in [-0.05, 0) is 25.0 Å². The smallest absolute Gasteiger partial charge is 0.258 e. The van der Waals surface area contributed by atoms with E-state index in [1.165, 1.54) is 13.0 Å². The van der Waals surface area contributed by atoms with E-state index in [4.69, 9.17) is 27.9 Å². The maximum Gasteiger partial charge on any atom is 0.258 e. The standard InChI is InChI=1S/C14H17Cl2NO3/c1-8(2)14(9(3)18)17-13(19)7-20-10-4-5-11(15)12(16)6-10/h4-6,8,14H,7H2,1-3H3,(H,17,19). The average Bonchev–Trinajstić information content (AvgIpc) is 2.36. The number of benzene rings is 1. The van der Waals surface area contributed by atoms with Crippen molar-refractivity contribution in [2.24, 2.45) is 5.92 Å². The second-order valence-electron chi connectivity index (χ2n) is 4.76. The predicted octanol–water partition coefficient (Wildman–Crippen LogP) is 3.10. The summed E-state index contributed by atoms with van der Waals surface area (Å²) in [5.41, 5.74) is 0. The Morgan fingerprint density at radius 1 is 1.25 bits per heavy atom. The van der Waals surface area contributed by atoms with Crippen LogP contribution in [0.4, 0.5) is 0 Å². The van der Waals surface area contributed by atoms with E-state index in [-0.39, 0.29) is 24.2 Å². The quantitative estimate of drug-likeness (QED) is 0.877. The number of ketones is 1. The van der Waals surface area contributed by atoms with Crippen molar-refractivity contribution < 1.29 is 14.3 Å². The van der Waals surface area contributed by atoms with E-state index in [2.05, 4.69) is 5.32 Å². The Labute approximate surface area is 128 Å². The molecule has 1 N–H and O–H groups in total. The molecule has 0 aromatic heterocycles. The number of carbonyl (C=O) groups is 2. The van der Waals surface area contributed by atoms with Gasteiger partial charge in [0.25, 0.3) is 5.91 Å². The first-order valence-electron chi connectivity index (χ1n) is 6.19. The summed E-state index contributed by atoms with van der Waals surface area (Å²) in [6, 6.07) is 4.23. The molecule has 0 saturated heterocycles. The molecule has 6 heteroatoms. The zero-order chi connectivity index (χ0) is 15.3. The van der Waals surface area contributed by atoms with Crippen LogP contribution in [0.3, 0.4) is 0 Å². The molecule has 110 valence electrons. The van der Waals surface area contributed by atoms with Crippen LogP contribution in [0.2, 0.25) is 10.0 Å². The monoisotopic (exact) mass is 317 g/mol. The second-order valence-corrected chi connectivity index (χ2v) is 5.58. The van der Waals surface area contributed by atoms with Crippen molar-refractivity contribution >= 4 is 34.9 Å². The molecule has 0 aliphatic heterocycles. The van der Waals surface area contributed by atoms with E-state index >= 15 is 0 Å². The summed E-state index contributed by atoms with van der Waals surface area (Å²) in [4.78, 5) is 23.1. The van der Waals surface area contributed by atoms with Gasteiger partial charge in [-0.25, -0.2) is 0 Å². The molecule has 1 unspecified atom stereocenters. The van der Waals surface area contributed by atoms with E-state index in [0.717, 1.165) is 0 Å². The first-order valence-corrected chi connectivity index (χ1v) is 6.94. The molecule has 0 spiro atoms. The summed E-state index contributed by atoms with van der Waals surface area (Å²) in [7, 11) is 0. The number of Topliss-reactive ketones (excluding diaryl/α,β-unsaturated/α-hetero) is 1. The van der Waals surface area contributed by atoms with Gasteiger partial charge in [0.1, 0.15) is 5.75 Å². The highest BCUT2D eigenvalue weighted by Gasteiger charge is 2.20. The molecule has 1 rings (SSSR count). The maximum absolute atomic E-state index is 11.7. The highest BCUT2D eigenvalue weighted by molar-refractivity contribution is 6.42. The molecule has 1 atom stereocenters. The van der Waals surface area contributed by atoms with Crippen LogP contribution in [0, 0.1) is 5.92 Å². The fourth-order valence-electron chi connectivity index (χ4n) is 1.67. The Morgan fingerprint density at radius 2 is 1.90 bits per heavy atom. The van der Waals surface area contributed by atoms with Crippen LogP contribution < -0.4 is 10.1 Å². The Kier molecular flexibility index (Phi) is 6.30. The highest BCUT2D eigenvalue weighted by atomic mass is 35.5. The highest BCUT2D eigenvalue weighted by Crippen LogP contribution is 2.26. The van der Waals surface area contributed by atoms with Crippen molar-refractivity contribution in [1.29, 1.82) is 0 Å². The van der Waals surface area contributed by atoms with Gasteiger partial charge in [-0.1, -0.05) is 37.0 Å². The molecule has 0 saturated carbocycles. The summed E-state index contributed by atoms with van der Waals surface area (Å²) < 4.78 is 5.30. The van der Waals surface area contributed by atoms with Crippen molar-refractivity contribution in [2.45, 2.75) is 26.8 Å². The van der Waals surface area contributed by atoms with E-state index in [0.29, 0.717) is 15.8 Å². The van der Waals surface area contributed by atoms with Gasteiger partial charge in [0, 0.05) is 6.07 Å². The van der Waals surface area contributed by atoms with Crippen LogP contribution in [0.25, 0.3) is 0 Å². The Hall–Kier alpha value is -1.26. The predicted molar refractivity (Wildman–Crippen MR) is 79.4 cm³/mol.